The Kier molecular flexibility index (Phi) is 6.36. The Bertz CT molecular complexity index is 273. The number of nitrogens with two attached hydrogens (primary N) is 1. The largest absolute Gasteiger partial charge is 0.465 e. The van der Waals surface area contributed by atoms with Crippen LogP contribution in [0, 0.1) is 0 Å². The van der Waals surface area contributed by atoms with Crippen molar-refractivity contribution in [3.8, 4) is 0 Å². The standard InChI is InChI=1S/C11H20N2O3S/c1-2-16-11(15)8(12)7-17-9-5-3-4-6-13-10(9)14/h8-9H,2-7,12H2,1H3,(H,13,14). The highest BCUT2D eigenvalue weighted by atomic mass is 32.2. The van der Waals surface area contributed by atoms with Crippen LogP contribution in [0.15, 0.2) is 0 Å². The van der Waals surface area contributed by atoms with Gasteiger partial charge in [0.05, 0.1) is 11.9 Å². The van der Waals surface area contributed by atoms with E-state index in [9.17, 15) is 9.59 Å². The van der Waals surface area contributed by atoms with E-state index in [-0.39, 0.29) is 11.2 Å². The van der Waals surface area contributed by atoms with Gasteiger partial charge in [0, 0.05) is 12.3 Å². The van der Waals surface area contributed by atoms with Gasteiger partial charge < -0.3 is 15.8 Å². The zero-order chi connectivity index (χ0) is 12.7. The predicted molar refractivity (Wildman–Crippen MR) is 67.7 cm³/mol. The summed E-state index contributed by atoms with van der Waals surface area (Å²) in [5.41, 5.74) is 5.68. The SMILES string of the molecule is CCOC(=O)C(N)CSC1CCCCNC1=O. The zero-order valence-corrected chi connectivity index (χ0v) is 10.9. The average molecular weight is 260 g/mol. The van der Waals surface area contributed by atoms with E-state index in [1.807, 2.05) is 0 Å². The number of hydrogen-bond acceptors (Lipinski definition) is 5. The fourth-order valence-corrected chi connectivity index (χ4v) is 2.75. The maximum atomic E-state index is 11.6. The lowest BCUT2D eigenvalue weighted by molar-refractivity contribution is -0.144. The number of carbonyl (C=O) groups excluding carboxylic acids is 2. The summed E-state index contributed by atoms with van der Waals surface area (Å²) in [6.07, 6.45) is 2.91. The molecular formula is C11H20N2O3S. The molecule has 1 heterocycles. The Morgan fingerprint density at radius 1 is 1.65 bits per heavy atom. The first-order chi connectivity index (χ1) is 8.15. The number of rotatable bonds is 5. The van der Waals surface area contributed by atoms with Crippen LogP contribution < -0.4 is 11.1 Å². The minimum Gasteiger partial charge on any atom is -0.465 e. The minimum absolute atomic E-state index is 0.0589. The van der Waals surface area contributed by atoms with Gasteiger partial charge in [-0.2, -0.15) is 0 Å². The van der Waals surface area contributed by atoms with E-state index in [2.05, 4.69) is 5.32 Å². The third kappa shape index (κ3) is 4.95. The third-order valence-corrected chi connectivity index (χ3v) is 3.95. The number of esters is 1. The number of hydrogen-bond donors (Lipinski definition) is 2. The maximum Gasteiger partial charge on any atom is 0.323 e. The summed E-state index contributed by atoms with van der Waals surface area (Å²) in [5, 5.41) is 2.77. The van der Waals surface area contributed by atoms with Crippen LogP contribution in [0.1, 0.15) is 26.2 Å². The summed E-state index contributed by atoms with van der Waals surface area (Å²) in [6, 6.07) is -0.643. The zero-order valence-electron chi connectivity index (χ0n) is 10.1. The van der Waals surface area contributed by atoms with E-state index in [1.165, 1.54) is 11.8 Å². The van der Waals surface area contributed by atoms with Gasteiger partial charge in [0.25, 0.3) is 0 Å². The van der Waals surface area contributed by atoms with Gasteiger partial charge in [0.15, 0.2) is 0 Å². The predicted octanol–water partition coefficient (Wildman–Crippen LogP) is 0.279. The normalized spacial score (nSPS) is 22.5. The number of thioether (sulfide) groups is 1. The molecule has 0 aromatic heterocycles. The van der Waals surface area contributed by atoms with E-state index in [4.69, 9.17) is 10.5 Å². The molecular weight excluding hydrogens is 240 g/mol. The van der Waals surface area contributed by atoms with Gasteiger partial charge in [-0.1, -0.05) is 6.42 Å². The van der Waals surface area contributed by atoms with Crippen LogP contribution in [0.3, 0.4) is 0 Å². The topological polar surface area (TPSA) is 81.4 Å². The third-order valence-electron chi connectivity index (χ3n) is 2.55. The van der Waals surface area contributed by atoms with E-state index < -0.39 is 12.0 Å². The Hall–Kier alpha value is -0.750. The van der Waals surface area contributed by atoms with Crippen molar-refractivity contribution in [2.75, 3.05) is 18.9 Å². The van der Waals surface area contributed by atoms with Crippen molar-refractivity contribution in [2.45, 2.75) is 37.5 Å². The monoisotopic (exact) mass is 260 g/mol. The average Bonchev–Trinajstić information content (AvgIpc) is 2.51. The molecule has 2 atom stereocenters. The van der Waals surface area contributed by atoms with Crippen LogP contribution in [0.5, 0.6) is 0 Å². The molecule has 1 aliphatic heterocycles. The van der Waals surface area contributed by atoms with Crippen LogP contribution in [0.25, 0.3) is 0 Å². The highest BCUT2D eigenvalue weighted by molar-refractivity contribution is 8.00. The smallest absolute Gasteiger partial charge is 0.323 e. The van der Waals surface area contributed by atoms with E-state index in [1.54, 1.807) is 6.92 Å². The van der Waals surface area contributed by atoms with Crippen molar-refractivity contribution in [3.63, 3.8) is 0 Å². The molecule has 5 nitrogen and oxygen atoms in total. The molecule has 0 radical (unpaired) electrons. The molecule has 0 aliphatic carbocycles. The highest BCUT2D eigenvalue weighted by Crippen LogP contribution is 2.20. The van der Waals surface area contributed by atoms with Gasteiger partial charge >= 0.3 is 5.97 Å². The quantitative estimate of drug-likeness (QED) is 0.694. The molecule has 6 heteroatoms. The lowest BCUT2D eigenvalue weighted by Crippen LogP contribution is -2.37. The van der Waals surface area contributed by atoms with Gasteiger partial charge in [-0.25, -0.2) is 0 Å². The second-order valence-corrected chi connectivity index (χ2v) is 5.20. The molecule has 0 aromatic carbocycles. The number of carbonyl (C=O) groups is 2. The summed E-state index contributed by atoms with van der Waals surface area (Å²) < 4.78 is 4.82. The van der Waals surface area contributed by atoms with E-state index in [0.717, 1.165) is 25.8 Å². The molecule has 0 aromatic rings. The number of ether oxygens (including phenoxy) is 1. The molecule has 2 unspecified atom stereocenters. The summed E-state index contributed by atoms with van der Waals surface area (Å²) in [7, 11) is 0. The summed E-state index contributed by atoms with van der Waals surface area (Å²) in [4.78, 5) is 22.9. The van der Waals surface area contributed by atoms with Crippen LogP contribution in [-0.2, 0) is 14.3 Å². The van der Waals surface area contributed by atoms with Crippen LogP contribution in [-0.4, -0.2) is 42.1 Å². The van der Waals surface area contributed by atoms with E-state index >= 15 is 0 Å². The Morgan fingerprint density at radius 3 is 3.12 bits per heavy atom. The van der Waals surface area contributed by atoms with Crippen molar-refractivity contribution in [2.24, 2.45) is 5.73 Å². The lowest BCUT2D eigenvalue weighted by atomic mass is 10.2. The fraction of sp³-hybridized carbons (Fsp3) is 0.818. The van der Waals surface area contributed by atoms with Gasteiger partial charge in [0.1, 0.15) is 6.04 Å². The summed E-state index contributed by atoms with van der Waals surface area (Å²) in [5.74, 6) is 0.0919. The van der Waals surface area contributed by atoms with Crippen molar-refractivity contribution in [1.29, 1.82) is 0 Å². The molecule has 0 bridgehead atoms. The summed E-state index contributed by atoms with van der Waals surface area (Å²) in [6.45, 7) is 2.83. The second kappa shape index (κ2) is 7.55. The first kappa shape index (κ1) is 14.3. The Labute approximate surface area is 106 Å². The molecule has 98 valence electrons. The molecule has 17 heavy (non-hydrogen) atoms. The molecule has 1 aliphatic rings. The number of nitrogens with one attached hydrogen (secondary N) is 1. The molecule has 0 saturated carbocycles. The van der Waals surface area contributed by atoms with Gasteiger partial charge in [-0.05, 0) is 19.8 Å². The maximum absolute atomic E-state index is 11.6. The molecule has 3 N–H and O–H groups in total. The molecule has 0 spiro atoms. The Morgan fingerprint density at radius 2 is 2.41 bits per heavy atom. The van der Waals surface area contributed by atoms with Gasteiger partial charge in [0.2, 0.25) is 5.91 Å². The first-order valence-electron chi connectivity index (χ1n) is 5.96. The summed E-state index contributed by atoms with van der Waals surface area (Å²) >= 11 is 1.44. The van der Waals surface area contributed by atoms with Gasteiger partial charge in [-0.15, -0.1) is 11.8 Å². The van der Waals surface area contributed by atoms with Crippen LogP contribution in [0.4, 0.5) is 0 Å². The van der Waals surface area contributed by atoms with Gasteiger partial charge in [-0.3, -0.25) is 9.59 Å². The number of amides is 1. The minimum atomic E-state index is -0.643. The molecule has 1 rings (SSSR count). The van der Waals surface area contributed by atoms with Crippen molar-refractivity contribution >= 4 is 23.6 Å². The molecule has 1 fully saturated rings. The first-order valence-corrected chi connectivity index (χ1v) is 7.01. The van der Waals surface area contributed by atoms with E-state index in [0.29, 0.717) is 12.4 Å². The second-order valence-electron chi connectivity index (χ2n) is 3.97. The lowest BCUT2D eigenvalue weighted by Gasteiger charge is -2.15. The van der Waals surface area contributed by atoms with Crippen molar-refractivity contribution < 1.29 is 14.3 Å². The Balaban J connectivity index is 2.32. The highest BCUT2D eigenvalue weighted by Gasteiger charge is 2.23. The van der Waals surface area contributed by atoms with Crippen LogP contribution >= 0.6 is 11.8 Å². The molecule has 1 amide bonds. The van der Waals surface area contributed by atoms with Crippen molar-refractivity contribution in [3.05, 3.63) is 0 Å². The fourth-order valence-electron chi connectivity index (χ4n) is 1.61. The van der Waals surface area contributed by atoms with Crippen molar-refractivity contribution in [1.82, 2.24) is 5.32 Å². The molecule has 1 saturated heterocycles. The van der Waals surface area contributed by atoms with Crippen LogP contribution in [0.2, 0.25) is 0 Å².